The van der Waals surface area contributed by atoms with E-state index in [9.17, 15) is 0 Å². The molecule has 3 nitrogen and oxygen atoms in total. The molecule has 2 rings (SSSR count). The monoisotopic (exact) mass is 188 g/mol. The molecular formula is C11H12N2O. The van der Waals surface area contributed by atoms with Gasteiger partial charge in [-0.3, -0.25) is 4.98 Å². The molecule has 0 amide bonds. The highest BCUT2D eigenvalue weighted by atomic mass is 16.5. The summed E-state index contributed by atoms with van der Waals surface area (Å²) < 4.78 is 5.28. The van der Waals surface area contributed by atoms with Crippen LogP contribution in [0.25, 0.3) is 0 Å². The van der Waals surface area contributed by atoms with Crippen LogP contribution >= 0.6 is 0 Å². The van der Waals surface area contributed by atoms with Gasteiger partial charge in [0, 0.05) is 17.8 Å². The van der Waals surface area contributed by atoms with Crippen LogP contribution in [0.4, 0.5) is 0 Å². The SMILES string of the molecule is COc1cc(CC#N)ncc1C1CC1. The molecular weight excluding hydrogens is 176 g/mol. The van der Waals surface area contributed by atoms with Crippen molar-refractivity contribution in [3.8, 4) is 11.8 Å². The lowest BCUT2D eigenvalue weighted by atomic mass is 10.1. The van der Waals surface area contributed by atoms with Crippen LogP contribution in [-0.2, 0) is 6.42 Å². The molecule has 1 aromatic rings. The van der Waals surface area contributed by atoms with Crippen LogP contribution in [0, 0.1) is 11.3 Å². The minimum atomic E-state index is 0.349. The molecule has 0 radical (unpaired) electrons. The van der Waals surface area contributed by atoms with Crippen LogP contribution in [0.2, 0.25) is 0 Å². The second-order valence-electron chi connectivity index (χ2n) is 3.53. The summed E-state index contributed by atoms with van der Waals surface area (Å²) >= 11 is 0. The molecule has 14 heavy (non-hydrogen) atoms. The van der Waals surface area contributed by atoms with E-state index in [1.54, 1.807) is 7.11 Å². The normalized spacial score (nSPS) is 14.9. The summed E-state index contributed by atoms with van der Waals surface area (Å²) in [5, 5.41) is 8.54. The number of ether oxygens (including phenoxy) is 1. The van der Waals surface area contributed by atoms with Gasteiger partial charge in [0.2, 0.25) is 0 Å². The molecule has 1 fully saturated rings. The predicted molar refractivity (Wildman–Crippen MR) is 52.1 cm³/mol. The van der Waals surface area contributed by atoms with Gasteiger partial charge in [-0.05, 0) is 18.8 Å². The maximum atomic E-state index is 8.54. The van der Waals surface area contributed by atoms with Crippen molar-refractivity contribution < 1.29 is 4.74 Å². The number of aromatic nitrogens is 1. The Morgan fingerprint density at radius 2 is 2.43 bits per heavy atom. The van der Waals surface area contributed by atoms with Crippen molar-refractivity contribution in [3.05, 3.63) is 23.5 Å². The van der Waals surface area contributed by atoms with Crippen molar-refractivity contribution in [1.29, 1.82) is 5.26 Å². The lowest BCUT2D eigenvalue weighted by molar-refractivity contribution is 0.408. The second-order valence-corrected chi connectivity index (χ2v) is 3.53. The van der Waals surface area contributed by atoms with Gasteiger partial charge in [0.25, 0.3) is 0 Å². The Morgan fingerprint density at radius 1 is 1.64 bits per heavy atom. The Morgan fingerprint density at radius 3 is 3.00 bits per heavy atom. The maximum absolute atomic E-state index is 8.54. The largest absolute Gasteiger partial charge is 0.496 e. The summed E-state index contributed by atoms with van der Waals surface area (Å²) in [6.07, 6.45) is 4.66. The second kappa shape index (κ2) is 3.67. The fraction of sp³-hybridized carbons (Fsp3) is 0.455. The first-order valence-electron chi connectivity index (χ1n) is 4.75. The third-order valence-electron chi connectivity index (χ3n) is 2.45. The third-order valence-corrected chi connectivity index (χ3v) is 2.45. The van der Waals surface area contributed by atoms with Gasteiger partial charge in [0.1, 0.15) is 5.75 Å². The standard InChI is InChI=1S/C11H12N2O/c1-14-11-6-9(4-5-12)13-7-10(11)8-2-3-8/h6-8H,2-4H2,1H3. The predicted octanol–water partition coefficient (Wildman–Crippen LogP) is 2.03. The van der Waals surface area contributed by atoms with Crippen molar-refractivity contribution in [2.45, 2.75) is 25.2 Å². The van der Waals surface area contributed by atoms with E-state index in [0.29, 0.717) is 12.3 Å². The van der Waals surface area contributed by atoms with E-state index >= 15 is 0 Å². The first kappa shape index (κ1) is 9.01. The van der Waals surface area contributed by atoms with Gasteiger partial charge < -0.3 is 4.74 Å². The van der Waals surface area contributed by atoms with E-state index in [1.807, 2.05) is 12.3 Å². The van der Waals surface area contributed by atoms with Gasteiger partial charge in [-0.2, -0.15) is 5.26 Å². The molecule has 1 aliphatic carbocycles. The fourth-order valence-corrected chi connectivity index (χ4v) is 1.54. The highest BCUT2D eigenvalue weighted by Crippen LogP contribution is 2.43. The molecule has 0 saturated heterocycles. The van der Waals surface area contributed by atoms with E-state index in [4.69, 9.17) is 10.00 Å². The molecule has 0 aliphatic heterocycles. The van der Waals surface area contributed by atoms with E-state index in [0.717, 1.165) is 11.4 Å². The summed E-state index contributed by atoms with van der Waals surface area (Å²) in [6, 6.07) is 3.95. The smallest absolute Gasteiger partial charge is 0.125 e. The number of hydrogen-bond acceptors (Lipinski definition) is 3. The Kier molecular flexibility index (Phi) is 2.36. The number of nitrogens with zero attached hydrogens (tertiary/aromatic N) is 2. The lowest BCUT2D eigenvalue weighted by Gasteiger charge is -2.07. The van der Waals surface area contributed by atoms with Crippen molar-refractivity contribution >= 4 is 0 Å². The van der Waals surface area contributed by atoms with E-state index < -0.39 is 0 Å². The molecule has 72 valence electrons. The van der Waals surface area contributed by atoms with Crippen molar-refractivity contribution in [1.82, 2.24) is 4.98 Å². The van der Waals surface area contributed by atoms with Crippen LogP contribution in [0.15, 0.2) is 12.3 Å². The lowest BCUT2D eigenvalue weighted by Crippen LogP contribution is -1.95. The molecule has 0 unspecified atom stereocenters. The minimum absolute atomic E-state index is 0.349. The first-order valence-corrected chi connectivity index (χ1v) is 4.75. The summed E-state index contributed by atoms with van der Waals surface area (Å²) in [5.74, 6) is 1.52. The van der Waals surface area contributed by atoms with Crippen LogP contribution < -0.4 is 4.74 Å². The van der Waals surface area contributed by atoms with E-state index in [1.165, 1.54) is 18.4 Å². The Balaban J connectivity index is 2.30. The Labute approximate surface area is 83.3 Å². The minimum Gasteiger partial charge on any atom is -0.496 e. The van der Waals surface area contributed by atoms with E-state index in [-0.39, 0.29) is 0 Å². The summed E-state index contributed by atoms with van der Waals surface area (Å²) in [5.41, 5.74) is 1.97. The van der Waals surface area contributed by atoms with Crippen LogP contribution in [0.1, 0.15) is 30.0 Å². The number of nitriles is 1. The molecule has 1 heterocycles. The van der Waals surface area contributed by atoms with Crippen molar-refractivity contribution in [2.75, 3.05) is 7.11 Å². The molecule has 0 aromatic carbocycles. The van der Waals surface area contributed by atoms with Crippen LogP contribution in [0.3, 0.4) is 0 Å². The molecule has 3 heteroatoms. The average Bonchev–Trinajstić information content (AvgIpc) is 3.02. The summed E-state index contributed by atoms with van der Waals surface area (Å²) in [6.45, 7) is 0. The first-order chi connectivity index (χ1) is 6.85. The number of hydrogen-bond donors (Lipinski definition) is 0. The highest BCUT2D eigenvalue weighted by Gasteiger charge is 2.27. The maximum Gasteiger partial charge on any atom is 0.125 e. The highest BCUT2D eigenvalue weighted by molar-refractivity contribution is 5.38. The molecule has 1 aliphatic rings. The third kappa shape index (κ3) is 1.69. The zero-order valence-corrected chi connectivity index (χ0v) is 8.16. The molecule has 0 atom stereocenters. The van der Waals surface area contributed by atoms with Crippen LogP contribution in [0.5, 0.6) is 5.75 Å². The fourth-order valence-electron chi connectivity index (χ4n) is 1.54. The zero-order valence-electron chi connectivity index (χ0n) is 8.16. The zero-order chi connectivity index (χ0) is 9.97. The van der Waals surface area contributed by atoms with Crippen LogP contribution in [-0.4, -0.2) is 12.1 Å². The Hall–Kier alpha value is -1.56. The van der Waals surface area contributed by atoms with Gasteiger partial charge in [0.05, 0.1) is 25.3 Å². The van der Waals surface area contributed by atoms with E-state index in [2.05, 4.69) is 11.1 Å². The van der Waals surface area contributed by atoms with Gasteiger partial charge in [-0.15, -0.1) is 0 Å². The quantitative estimate of drug-likeness (QED) is 0.729. The molecule has 0 N–H and O–H groups in total. The number of methoxy groups -OCH3 is 1. The van der Waals surface area contributed by atoms with Gasteiger partial charge in [0.15, 0.2) is 0 Å². The summed E-state index contributed by atoms with van der Waals surface area (Å²) in [4.78, 5) is 4.24. The molecule has 0 bridgehead atoms. The van der Waals surface area contributed by atoms with Gasteiger partial charge >= 0.3 is 0 Å². The van der Waals surface area contributed by atoms with Gasteiger partial charge in [-0.25, -0.2) is 0 Å². The van der Waals surface area contributed by atoms with Crippen molar-refractivity contribution in [3.63, 3.8) is 0 Å². The van der Waals surface area contributed by atoms with Crippen molar-refractivity contribution in [2.24, 2.45) is 0 Å². The molecule has 1 aromatic heterocycles. The van der Waals surface area contributed by atoms with Gasteiger partial charge in [-0.1, -0.05) is 0 Å². The summed E-state index contributed by atoms with van der Waals surface area (Å²) in [7, 11) is 1.66. The molecule has 1 saturated carbocycles. The topological polar surface area (TPSA) is 45.9 Å². The average molecular weight is 188 g/mol. The number of rotatable bonds is 3. The molecule has 0 spiro atoms. The Bertz CT molecular complexity index is 377. The number of pyridine rings is 1.